The van der Waals surface area contributed by atoms with E-state index in [0.29, 0.717) is 16.7 Å². The van der Waals surface area contributed by atoms with Gasteiger partial charge in [0.05, 0.1) is 12.0 Å². The van der Waals surface area contributed by atoms with Gasteiger partial charge in [0.2, 0.25) is 0 Å². The van der Waals surface area contributed by atoms with Gasteiger partial charge in [0.15, 0.2) is 0 Å². The van der Waals surface area contributed by atoms with Crippen LogP contribution in [0.25, 0.3) is 0 Å². The van der Waals surface area contributed by atoms with Gasteiger partial charge < -0.3 is 19.3 Å². The molecule has 1 heterocycles. The molecule has 0 spiro atoms. The quantitative estimate of drug-likeness (QED) is 0.334. The predicted molar refractivity (Wildman–Crippen MR) is 106 cm³/mol. The zero-order valence-corrected chi connectivity index (χ0v) is 17.4. The molecule has 2 aliphatic rings. The lowest BCUT2D eigenvalue weighted by Gasteiger charge is -2.29. The first kappa shape index (κ1) is 22.6. The maximum absolute atomic E-state index is 12.4. The van der Waals surface area contributed by atoms with Crippen molar-refractivity contribution in [1.29, 1.82) is 0 Å². The number of allylic oxidation sites excluding steroid dienone is 1. The molecule has 0 radical (unpaired) electrons. The normalized spacial score (nSPS) is 34.1. The highest BCUT2D eigenvalue weighted by atomic mass is 16.6. The topological polar surface area (TPSA) is 99.1 Å². The van der Waals surface area contributed by atoms with E-state index in [9.17, 15) is 19.5 Å². The molecule has 1 N–H and O–H groups in total. The van der Waals surface area contributed by atoms with Crippen LogP contribution in [0.4, 0.5) is 0 Å². The maximum Gasteiger partial charge on any atom is 0.334 e. The van der Waals surface area contributed by atoms with Crippen molar-refractivity contribution in [1.82, 2.24) is 0 Å². The highest BCUT2D eigenvalue weighted by Gasteiger charge is 2.44. The van der Waals surface area contributed by atoms with E-state index in [1.165, 1.54) is 6.92 Å². The number of aliphatic hydroxyl groups is 1. The minimum absolute atomic E-state index is 0.130. The number of aliphatic hydroxyl groups excluding tert-OH is 1. The molecule has 1 aliphatic heterocycles. The Bertz CT molecular complexity index is 802. The van der Waals surface area contributed by atoms with Crippen molar-refractivity contribution in [2.75, 3.05) is 0 Å². The molecule has 29 heavy (non-hydrogen) atoms. The highest BCUT2D eigenvalue weighted by molar-refractivity contribution is 5.92. The molecule has 2 rings (SSSR count). The molecule has 1 fully saturated rings. The lowest BCUT2D eigenvalue weighted by atomic mass is 9.85. The molecule has 0 aromatic rings. The third-order valence-corrected chi connectivity index (χ3v) is 5.25. The van der Waals surface area contributed by atoms with Crippen LogP contribution in [-0.2, 0) is 28.6 Å². The fraction of sp³-hybridized carbons (Fsp3) is 0.500. The van der Waals surface area contributed by atoms with Crippen LogP contribution in [0.5, 0.6) is 0 Å². The van der Waals surface area contributed by atoms with Crippen LogP contribution in [0, 0.1) is 5.92 Å². The van der Waals surface area contributed by atoms with Crippen LogP contribution < -0.4 is 0 Å². The van der Waals surface area contributed by atoms with Crippen LogP contribution in [0.2, 0.25) is 0 Å². The Morgan fingerprint density at radius 2 is 1.86 bits per heavy atom. The Morgan fingerprint density at radius 3 is 2.45 bits per heavy atom. The Labute approximate surface area is 170 Å². The number of hydrogen-bond acceptors (Lipinski definition) is 7. The SMILES string of the molecule is C=C1C(=O)OC2/C=C(/C)C(OC(C)=O)CC(O)/C(C)=C\C(OC(=O)/C(C)=C\C)C12. The van der Waals surface area contributed by atoms with Gasteiger partial charge in [-0.05, 0) is 51.0 Å². The molecule has 7 nitrogen and oxygen atoms in total. The van der Waals surface area contributed by atoms with Gasteiger partial charge in [-0.1, -0.05) is 12.7 Å². The summed E-state index contributed by atoms with van der Waals surface area (Å²) in [5, 5.41) is 10.6. The summed E-state index contributed by atoms with van der Waals surface area (Å²) in [6, 6.07) is 0. The van der Waals surface area contributed by atoms with Gasteiger partial charge >= 0.3 is 17.9 Å². The molecule has 5 atom stereocenters. The molecule has 0 aromatic carbocycles. The number of hydrogen-bond donors (Lipinski definition) is 1. The largest absolute Gasteiger partial charge is 0.458 e. The van der Waals surface area contributed by atoms with Crippen molar-refractivity contribution in [3.05, 3.63) is 47.1 Å². The van der Waals surface area contributed by atoms with Gasteiger partial charge in [0.1, 0.15) is 18.3 Å². The number of rotatable bonds is 3. The second-order valence-corrected chi connectivity index (χ2v) is 7.43. The number of esters is 3. The summed E-state index contributed by atoms with van der Waals surface area (Å²) in [7, 11) is 0. The lowest BCUT2D eigenvalue weighted by molar-refractivity contribution is -0.147. The van der Waals surface area contributed by atoms with E-state index >= 15 is 0 Å². The molecule has 1 saturated heterocycles. The fourth-order valence-electron chi connectivity index (χ4n) is 3.33. The van der Waals surface area contributed by atoms with Crippen LogP contribution in [0.1, 0.15) is 41.0 Å². The highest BCUT2D eigenvalue weighted by Crippen LogP contribution is 2.36. The van der Waals surface area contributed by atoms with Crippen molar-refractivity contribution in [2.24, 2.45) is 5.92 Å². The standard InChI is InChI=1S/C22H28O7/c1-7-11(2)21(25)28-18-8-12(3)16(24)10-17(27-15(6)23)13(4)9-19-20(18)14(5)22(26)29-19/h7-9,16-20,24H,5,10H2,1-4,6H3/b11-7-,12-8-,13-9-. The van der Waals surface area contributed by atoms with Gasteiger partial charge in [-0.25, -0.2) is 9.59 Å². The number of ether oxygens (including phenoxy) is 3. The summed E-state index contributed by atoms with van der Waals surface area (Å²) in [5.41, 5.74) is 1.75. The summed E-state index contributed by atoms with van der Waals surface area (Å²) >= 11 is 0. The summed E-state index contributed by atoms with van der Waals surface area (Å²) in [5.74, 6) is -2.25. The van der Waals surface area contributed by atoms with E-state index in [2.05, 4.69) is 6.58 Å². The van der Waals surface area contributed by atoms with Crippen LogP contribution in [0.3, 0.4) is 0 Å². The van der Waals surface area contributed by atoms with Crippen molar-refractivity contribution in [3.63, 3.8) is 0 Å². The third-order valence-electron chi connectivity index (χ3n) is 5.25. The van der Waals surface area contributed by atoms with E-state index in [1.54, 1.807) is 45.9 Å². The Hall–Kier alpha value is -2.67. The fourth-order valence-corrected chi connectivity index (χ4v) is 3.33. The Balaban J connectivity index is 2.52. The van der Waals surface area contributed by atoms with E-state index in [1.807, 2.05) is 0 Å². The number of carbonyl (C=O) groups excluding carboxylic acids is 3. The second kappa shape index (κ2) is 9.22. The molecule has 0 amide bonds. The molecule has 1 aliphatic carbocycles. The minimum Gasteiger partial charge on any atom is -0.458 e. The monoisotopic (exact) mass is 404 g/mol. The molecule has 0 bridgehead atoms. The molecule has 7 heteroatoms. The first-order chi connectivity index (χ1) is 13.5. The minimum atomic E-state index is -0.936. The van der Waals surface area contributed by atoms with Gasteiger partial charge in [0.25, 0.3) is 0 Å². The van der Waals surface area contributed by atoms with Gasteiger partial charge in [-0.3, -0.25) is 4.79 Å². The number of fused-ring (bicyclic) bond motifs is 1. The Morgan fingerprint density at radius 1 is 1.21 bits per heavy atom. The molecular weight excluding hydrogens is 376 g/mol. The summed E-state index contributed by atoms with van der Waals surface area (Å²) < 4.78 is 16.4. The van der Waals surface area contributed by atoms with Gasteiger partial charge in [0, 0.05) is 24.5 Å². The average Bonchev–Trinajstić information content (AvgIpc) is 2.92. The zero-order chi connectivity index (χ0) is 21.9. The number of carbonyl (C=O) groups is 3. The van der Waals surface area contributed by atoms with Crippen LogP contribution in [-0.4, -0.2) is 47.4 Å². The maximum atomic E-state index is 12.4. The van der Waals surface area contributed by atoms with Crippen molar-refractivity contribution in [2.45, 2.75) is 65.5 Å². The van der Waals surface area contributed by atoms with Crippen LogP contribution >= 0.6 is 0 Å². The first-order valence-corrected chi connectivity index (χ1v) is 9.50. The van der Waals surface area contributed by atoms with E-state index in [-0.39, 0.29) is 12.0 Å². The average molecular weight is 404 g/mol. The van der Waals surface area contributed by atoms with E-state index < -0.39 is 48.2 Å². The Kier molecular flexibility index (Phi) is 7.19. The lowest BCUT2D eigenvalue weighted by Crippen LogP contribution is -2.34. The molecule has 0 aromatic heterocycles. The van der Waals surface area contributed by atoms with Crippen molar-refractivity contribution < 1.29 is 33.7 Å². The first-order valence-electron chi connectivity index (χ1n) is 9.50. The van der Waals surface area contributed by atoms with Gasteiger partial charge in [-0.15, -0.1) is 0 Å². The van der Waals surface area contributed by atoms with E-state index in [0.717, 1.165) is 0 Å². The van der Waals surface area contributed by atoms with Gasteiger partial charge in [-0.2, -0.15) is 0 Å². The van der Waals surface area contributed by atoms with E-state index in [4.69, 9.17) is 14.2 Å². The van der Waals surface area contributed by atoms with Crippen LogP contribution in [0.15, 0.2) is 47.1 Å². The smallest absolute Gasteiger partial charge is 0.334 e. The summed E-state index contributed by atoms with van der Waals surface area (Å²) in [4.78, 5) is 36.1. The second-order valence-electron chi connectivity index (χ2n) is 7.43. The molecule has 0 saturated carbocycles. The predicted octanol–water partition coefficient (Wildman–Crippen LogP) is 2.55. The molecule has 5 unspecified atom stereocenters. The van der Waals surface area contributed by atoms with Crippen molar-refractivity contribution >= 4 is 17.9 Å². The molecular formula is C22H28O7. The van der Waals surface area contributed by atoms with Crippen molar-refractivity contribution in [3.8, 4) is 0 Å². The zero-order valence-electron chi connectivity index (χ0n) is 17.4. The third kappa shape index (κ3) is 5.23. The molecule has 158 valence electrons. The summed E-state index contributed by atoms with van der Waals surface area (Å²) in [6.45, 7) is 11.9. The summed E-state index contributed by atoms with van der Waals surface area (Å²) in [6.07, 6.45) is 1.82.